The maximum atomic E-state index is 13.8. The summed E-state index contributed by atoms with van der Waals surface area (Å²) in [5.74, 6) is -3.37. The molecule has 30 heavy (non-hydrogen) atoms. The van der Waals surface area contributed by atoms with Crippen LogP contribution in [0, 0.1) is 18.6 Å². The minimum absolute atomic E-state index is 0.102. The Hall–Kier alpha value is -3.94. The van der Waals surface area contributed by atoms with Crippen molar-refractivity contribution in [3.05, 3.63) is 83.1 Å². The quantitative estimate of drug-likeness (QED) is 0.357. The molecule has 0 N–H and O–H groups in total. The highest BCUT2D eigenvalue weighted by atomic mass is 19.1. The summed E-state index contributed by atoms with van der Waals surface area (Å²) in [5.41, 5.74) is 1.36. The minimum Gasteiger partial charge on any atom is -0.454 e. The zero-order chi connectivity index (χ0) is 21.3. The van der Waals surface area contributed by atoms with Gasteiger partial charge in [0.05, 0.1) is 27.9 Å². The summed E-state index contributed by atoms with van der Waals surface area (Å²) >= 11 is 0. The van der Waals surface area contributed by atoms with Crippen LogP contribution in [0.4, 0.5) is 8.78 Å². The van der Waals surface area contributed by atoms with Crippen LogP contribution in [-0.2, 0) is 4.74 Å². The highest BCUT2D eigenvalue weighted by Crippen LogP contribution is 2.27. The maximum Gasteiger partial charge on any atom is 0.339 e. The van der Waals surface area contributed by atoms with Gasteiger partial charge in [0.2, 0.25) is 5.78 Å². The van der Waals surface area contributed by atoms with Gasteiger partial charge >= 0.3 is 5.97 Å². The lowest BCUT2D eigenvalue weighted by Crippen LogP contribution is -2.16. The number of fused-ring (bicyclic) bond motifs is 1. The molecule has 0 radical (unpaired) electrons. The first kappa shape index (κ1) is 19.4. The number of aryl methyl sites for hydroxylation is 1. The van der Waals surface area contributed by atoms with Crippen molar-refractivity contribution in [1.29, 1.82) is 0 Å². The highest BCUT2D eigenvalue weighted by molar-refractivity contribution is 6.06. The predicted molar refractivity (Wildman–Crippen MR) is 103 cm³/mol. The largest absolute Gasteiger partial charge is 0.454 e. The molecule has 0 bridgehead atoms. The third kappa shape index (κ3) is 3.67. The van der Waals surface area contributed by atoms with Crippen LogP contribution < -0.4 is 0 Å². The molecule has 0 saturated heterocycles. The van der Waals surface area contributed by atoms with Gasteiger partial charge in [0.15, 0.2) is 6.61 Å². The Morgan fingerprint density at radius 3 is 2.57 bits per heavy atom. The molecule has 0 aliphatic carbocycles. The second kappa shape index (κ2) is 7.82. The molecule has 0 spiro atoms. The first-order chi connectivity index (χ1) is 14.4. The third-order valence-corrected chi connectivity index (χ3v) is 4.47. The molecule has 8 heteroatoms. The molecule has 0 saturated carbocycles. The lowest BCUT2D eigenvalue weighted by Gasteiger charge is -2.08. The molecule has 2 aromatic heterocycles. The van der Waals surface area contributed by atoms with Gasteiger partial charge in [-0.2, -0.15) is 0 Å². The molecule has 4 rings (SSSR count). The number of carbonyl (C=O) groups is 2. The lowest BCUT2D eigenvalue weighted by atomic mass is 10.1. The molecule has 150 valence electrons. The second-order valence-corrected chi connectivity index (χ2v) is 6.49. The van der Waals surface area contributed by atoms with Gasteiger partial charge in [-0.15, -0.1) is 0 Å². The Morgan fingerprint density at radius 2 is 1.80 bits per heavy atom. The number of aromatic nitrogens is 2. The van der Waals surface area contributed by atoms with Gasteiger partial charge in [-0.3, -0.25) is 4.79 Å². The van der Waals surface area contributed by atoms with Crippen molar-refractivity contribution in [3.63, 3.8) is 0 Å². The number of hydrogen-bond donors (Lipinski definition) is 0. The summed E-state index contributed by atoms with van der Waals surface area (Å²) in [6.07, 6.45) is 0. The Kier molecular flexibility index (Phi) is 5.05. The zero-order valence-corrected chi connectivity index (χ0v) is 15.7. The highest BCUT2D eigenvalue weighted by Gasteiger charge is 2.22. The van der Waals surface area contributed by atoms with Crippen LogP contribution in [0.1, 0.15) is 26.4 Å². The Balaban J connectivity index is 1.65. The van der Waals surface area contributed by atoms with Crippen LogP contribution in [0.2, 0.25) is 0 Å². The number of benzene rings is 2. The van der Waals surface area contributed by atoms with Crippen molar-refractivity contribution in [3.8, 4) is 11.3 Å². The van der Waals surface area contributed by atoms with Crippen molar-refractivity contribution in [2.24, 2.45) is 0 Å². The molecular formula is C22H14F2N2O4. The number of esters is 1. The van der Waals surface area contributed by atoms with E-state index in [1.165, 1.54) is 6.07 Å². The van der Waals surface area contributed by atoms with Crippen LogP contribution in [0.15, 0.2) is 59.1 Å². The fourth-order valence-electron chi connectivity index (χ4n) is 3.01. The fraction of sp³-hybridized carbons (Fsp3) is 0.0909. The average Bonchev–Trinajstić information content (AvgIpc) is 3.14. The van der Waals surface area contributed by atoms with Gasteiger partial charge in [0, 0.05) is 5.56 Å². The van der Waals surface area contributed by atoms with Crippen LogP contribution in [0.5, 0.6) is 0 Å². The fourth-order valence-corrected chi connectivity index (χ4v) is 3.01. The van der Waals surface area contributed by atoms with Crippen molar-refractivity contribution >= 4 is 22.9 Å². The van der Waals surface area contributed by atoms with Gasteiger partial charge in [-0.1, -0.05) is 35.5 Å². The standard InChI is InChI=1S/C22H14F2N2O4/c1-12-20-16(10-18(25-21(20)30-26-12)13-5-3-2-4-6-13)22(28)29-11-19(27)15-9-14(23)7-8-17(15)24/h2-10H,11H2,1H3. The molecule has 2 heterocycles. The predicted octanol–water partition coefficient (Wildman–Crippen LogP) is 4.52. The van der Waals surface area contributed by atoms with E-state index in [9.17, 15) is 18.4 Å². The van der Waals surface area contributed by atoms with Gasteiger partial charge < -0.3 is 9.26 Å². The number of Topliss-reactive ketones (excluding diaryl/α,β-unsaturated/α-hetero) is 1. The Labute approximate surface area is 169 Å². The topological polar surface area (TPSA) is 82.3 Å². The van der Waals surface area contributed by atoms with E-state index in [-0.39, 0.29) is 11.3 Å². The van der Waals surface area contributed by atoms with Gasteiger partial charge in [0.1, 0.15) is 11.6 Å². The van der Waals surface area contributed by atoms with E-state index in [2.05, 4.69) is 10.1 Å². The third-order valence-electron chi connectivity index (χ3n) is 4.47. The van der Waals surface area contributed by atoms with Gasteiger partial charge in [-0.05, 0) is 31.2 Å². The molecule has 2 aromatic carbocycles. The first-order valence-corrected chi connectivity index (χ1v) is 8.92. The summed E-state index contributed by atoms with van der Waals surface area (Å²) in [6.45, 7) is 0.883. The smallest absolute Gasteiger partial charge is 0.339 e. The lowest BCUT2D eigenvalue weighted by molar-refractivity contribution is 0.0475. The summed E-state index contributed by atoms with van der Waals surface area (Å²) in [5, 5.41) is 4.19. The van der Waals surface area contributed by atoms with E-state index in [4.69, 9.17) is 9.26 Å². The molecule has 0 aliphatic heterocycles. The summed E-state index contributed by atoms with van der Waals surface area (Å²) in [4.78, 5) is 29.3. The number of nitrogens with zero attached hydrogens (tertiary/aromatic N) is 2. The monoisotopic (exact) mass is 408 g/mol. The number of rotatable bonds is 5. The number of hydrogen-bond acceptors (Lipinski definition) is 6. The molecule has 4 aromatic rings. The molecular weight excluding hydrogens is 394 g/mol. The second-order valence-electron chi connectivity index (χ2n) is 6.49. The number of halogens is 2. The SMILES string of the molecule is Cc1noc2nc(-c3ccccc3)cc(C(=O)OCC(=O)c3cc(F)ccc3F)c12. The number of pyridine rings is 1. The van der Waals surface area contributed by atoms with E-state index in [0.717, 1.165) is 23.8 Å². The van der Waals surface area contributed by atoms with Crippen LogP contribution in [0.3, 0.4) is 0 Å². The maximum absolute atomic E-state index is 13.8. The molecule has 0 amide bonds. The van der Waals surface area contributed by atoms with Crippen molar-refractivity contribution in [1.82, 2.24) is 10.1 Å². The Bertz CT molecular complexity index is 1270. The summed E-state index contributed by atoms with van der Waals surface area (Å²) in [6, 6.07) is 13.1. The molecule has 0 fully saturated rings. The summed E-state index contributed by atoms with van der Waals surface area (Å²) < 4.78 is 37.4. The average molecular weight is 408 g/mol. The number of carbonyl (C=O) groups excluding carboxylic acids is 2. The van der Waals surface area contributed by atoms with Crippen molar-refractivity contribution in [2.45, 2.75) is 6.92 Å². The van der Waals surface area contributed by atoms with E-state index >= 15 is 0 Å². The van der Waals surface area contributed by atoms with E-state index in [1.807, 2.05) is 30.3 Å². The Morgan fingerprint density at radius 1 is 1.03 bits per heavy atom. The summed E-state index contributed by atoms with van der Waals surface area (Å²) in [7, 11) is 0. The minimum atomic E-state index is -0.898. The van der Waals surface area contributed by atoms with Crippen molar-refractivity contribution < 1.29 is 27.6 Å². The molecule has 0 unspecified atom stereocenters. The van der Waals surface area contributed by atoms with E-state index < -0.39 is 35.6 Å². The van der Waals surface area contributed by atoms with Crippen molar-refractivity contribution in [2.75, 3.05) is 6.61 Å². The van der Waals surface area contributed by atoms with E-state index in [0.29, 0.717) is 16.8 Å². The normalized spacial score (nSPS) is 10.9. The zero-order valence-electron chi connectivity index (χ0n) is 15.7. The first-order valence-electron chi connectivity index (χ1n) is 8.92. The molecule has 0 atom stereocenters. The van der Waals surface area contributed by atoms with Crippen LogP contribution >= 0.6 is 0 Å². The number of ketones is 1. The van der Waals surface area contributed by atoms with Crippen LogP contribution in [0.25, 0.3) is 22.4 Å². The molecule has 6 nitrogen and oxygen atoms in total. The van der Waals surface area contributed by atoms with E-state index in [1.54, 1.807) is 6.92 Å². The van der Waals surface area contributed by atoms with Crippen LogP contribution in [-0.4, -0.2) is 28.5 Å². The van der Waals surface area contributed by atoms with Gasteiger partial charge in [0.25, 0.3) is 5.71 Å². The van der Waals surface area contributed by atoms with Gasteiger partial charge in [-0.25, -0.2) is 18.6 Å². The number of ether oxygens (including phenoxy) is 1. The molecule has 0 aliphatic rings.